The van der Waals surface area contributed by atoms with Crippen molar-refractivity contribution in [3.63, 3.8) is 0 Å². The van der Waals surface area contributed by atoms with E-state index in [-0.39, 0.29) is 5.91 Å². The van der Waals surface area contributed by atoms with E-state index in [1.165, 1.54) is 18.3 Å². The van der Waals surface area contributed by atoms with Gasteiger partial charge in [0.1, 0.15) is 11.5 Å². The fourth-order valence-electron chi connectivity index (χ4n) is 2.00. The summed E-state index contributed by atoms with van der Waals surface area (Å²) >= 11 is 3.02. The van der Waals surface area contributed by atoms with E-state index >= 15 is 0 Å². The van der Waals surface area contributed by atoms with Gasteiger partial charge in [0, 0.05) is 28.8 Å². The maximum atomic E-state index is 10.9. The summed E-state index contributed by atoms with van der Waals surface area (Å²) in [5.41, 5.74) is 7.52. The second kappa shape index (κ2) is 6.80. The number of thiophene rings is 1. The third-order valence-corrected chi connectivity index (χ3v) is 4.68. The van der Waals surface area contributed by atoms with Crippen LogP contribution in [-0.2, 0) is 11.3 Å². The van der Waals surface area contributed by atoms with Crippen molar-refractivity contribution in [2.24, 2.45) is 0 Å². The van der Waals surface area contributed by atoms with Gasteiger partial charge in [0.2, 0.25) is 5.91 Å². The number of nitrogens with one attached hydrogen (secondary N) is 1. The lowest BCUT2D eigenvalue weighted by Gasteiger charge is -2.13. The van der Waals surface area contributed by atoms with Crippen molar-refractivity contribution < 1.29 is 9.53 Å². The lowest BCUT2D eigenvalue weighted by Crippen LogP contribution is -2.18. The molecule has 5 rings (SSSR count). The molecular formula is C16H15N3O2S2. The predicted molar refractivity (Wildman–Crippen MR) is 93.9 cm³/mol. The van der Waals surface area contributed by atoms with E-state index < -0.39 is 0 Å². The normalized spacial score (nSPS) is 10.8. The van der Waals surface area contributed by atoms with Gasteiger partial charge < -0.3 is 15.8 Å². The SMILES string of the molecule is CC(=O)NCc1sccc1-c1csc(N)n1.c1cc2cc(c1)O2. The molecule has 23 heavy (non-hydrogen) atoms. The van der Waals surface area contributed by atoms with Crippen LogP contribution in [0.4, 0.5) is 5.13 Å². The van der Waals surface area contributed by atoms with Crippen LogP contribution in [0.25, 0.3) is 11.3 Å². The minimum absolute atomic E-state index is 0.0304. The van der Waals surface area contributed by atoms with Gasteiger partial charge in [0.15, 0.2) is 5.13 Å². The van der Waals surface area contributed by atoms with Crippen molar-refractivity contribution in [2.45, 2.75) is 13.5 Å². The molecule has 0 saturated carbocycles. The molecular weight excluding hydrogens is 330 g/mol. The number of nitrogens with zero attached hydrogens (tertiary/aromatic N) is 1. The lowest BCUT2D eigenvalue weighted by molar-refractivity contribution is -0.119. The summed E-state index contributed by atoms with van der Waals surface area (Å²) in [6.45, 7) is 2.05. The van der Waals surface area contributed by atoms with Crippen LogP contribution in [-0.4, -0.2) is 10.9 Å². The number of anilines is 1. The number of hydrogen-bond donors (Lipinski definition) is 2. The number of carbonyl (C=O) groups excluding carboxylic acids is 1. The van der Waals surface area contributed by atoms with Crippen molar-refractivity contribution in [1.29, 1.82) is 0 Å². The first kappa shape index (κ1) is 15.5. The maximum Gasteiger partial charge on any atom is 0.217 e. The van der Waals surface area contributed by atoms with E-state index in [1.54, 1.807) is 11.3 Å². The Morgan fingerprint density at radius 2 is 2.04 bits per heavy atom. The Labute approximate surface area is 141 Å². The highest BCUT2D eigenvalue weighted by Crippen LogP contribution is 2.33. The molecule has 3 aromatic rings. The molecule has 5 nitrogen and oxygen atoms in total. The maximum absolute atomic E-state index is 10.9. The van der Waals surface area contributed by atoms with Gasteiger partial charge in [-0.05, 0) is 23.6 Å². The molecule has 3 N–H and O–H groups in total. The second-order valence-electron chi connectivity index (χ2n) is 4.82. The van der Waals surface area contributed by atoms with Crippen LogP contribution in [0.3, 0.4) is 0 Å². The summed E-state index contributed by atoms with van der Waals surface area (Å²) in [6, 6.07) is 9.85. The van der Waals surface area contributed by atoms with Crippen LogP contribution in [0.1, 0.15) is 11.8 Å². The van der Waals surface area contributed by atoms with E-state index in [1.807, 2.05) is 41.1 Å². The number of fused-ring (bicyclic) bond motifs is 2. The summed E-state index contributed by atoms with van der Waals surface area (Å²) < 4.78 is 5.01. The van der Waals surface area contributed by atoms with E-state index in [0.29, 0.717) is 11.7 Å². The Balaban J connectivity index is 0.000000183. The summed E-state index contributed by atoms with van der Waals surface area (Å²) in [5.74, 6) is 1.94. The first-order valence-electron chi connectivity index (χ1n) is 6.92. The zero-order valence-corrected chi connectivity index (χ0v) is 14.0. The van der Waals surface area contributed by atoms with Gasteiger partial charge in [-0.25, -0.2) is 4.98 Å². The molecule has 0 atom stereocenters. The Morgan fingerprint density at radius 3 is 2.52 bits per heavy atom. The number of carbonyl (C=O) groups is 1. The molecule has 0 spiro atoms. The standard InChI is InChI=1S/C10H11N3OS2.C6H4O/c1-6(14)12-4-9-7(2-3-15-9)8-5-16-10(11)13-8;1-2-5-4-6(3-1)7-5/h2-3,5H,4H2,1H3,(H2,11,13)(H,12,14);1-4H. The van der Waals surface area contributed by atoms with Gasteiger partial charge in [0.25, 0.3) is 0 Å². The van der Waals surface area contributed by atoms with E-state index in [9.17, 15) is 4.79 Å². The summed E-state index contributed by atoms with van der Waals surface area (Å²) in [6.07, 6.45) is 0. The molecule has 0 unspecified atom stereocenters. The smallest absolute Gasteiger partial charge is 0.217 e. The number of rotatable bonds is 3. The molecule has 0 aliphatic carbocycles. The lowest BCUT2D eigenvalue weighted by atomic mass is 10.2. The van der Waals surface area contributed by atoms with Crippen LogP contribution in [0.2, 0.25) is 0 Å². The summed E-state index contributed by atoms with van der Waals surface area (Å²) in [7, 11) is 0. The fraction of sp³-hybridized carbons (Fsp3) is 0.125. The molecule has 0 fully saturated rings. The molecule has 2 aliphatic rings. The quantitative estimate of drug-likeness (QED) is 0.591. The van der Waals surface area contributed by atoms with E-state index in [2.05, 4.69) is 10.3 Å². The number of ether oxygens (including phenoxy) is 1. The number of benzene rings is 1. The zero-order valence-electron chi connectivity index (χ0n) is 12.4. The van der Waals surface area contributed by atoms with Crippen LogP contribution >= 0.6 is 22.7 Å². The highest BCUT2D eigenvalue weighted by atomic mass is 32.1. The van der Waals surface area contributed by atoms with Gasteiger partial charge >= 0.3 is 0 Å². The molecule has 0 radical (unpaired) electrons. The van der Waals surface area contributed by atoms with Crippen molar-refractivity contribution in [2.75, 3.05) is 5.73 Å². The van der Waals surface area contributed by atoms with Crippen LogP contribution in [0.5, 0.6) is 11.5 Å². The van der Waals surface area contributed by atoms with E-state index in [0.717, 1.165) is 27.6 Å². The molecule has 1 amide bonds. The number of aromatic nitrogens is 1. The molecule has 2 aliphatic heterocycles. The zero-order chi connectivity index (χ0) is 16.2. The van der Waals surface area contributed by atoms with Crippen LogP contribution in [0, 0.1) is 0 Å². The highest BCUT2D eigenvalue weighted by Gasteiger charge is 2.10. The number of nitrogen functional groups attached to an aromatic ring is 1. The van der Waals surface area contributed by atoms with Gasteiger partial charge in [-0.2, -0.15) is 0 Å². The van der Waals surface area contributed by atoms with Crippen LogP contribution < -0.4 is 15.8 Å². The highest BCUT2D eigenvalue weighted by molar-refractivity contribution is 7.14. The van der Waals surface area contributed by atoms with Gasteiger partial charge in [-0.15, -0.1) is 22.7 Å². The topological polar surface area (TPSA) is 77.2 Å². The average molecular weight is 345 g/mol. The second-order valence-corrected chi connectivity index (χ2v) is 6.71. The van der Waals surface area contributed by atoms with E-state index in [4.69, 9.17) is 10.5 Å². The molecule has 1 aromatic carbocycles. The number of amides is 1. The molecule has 0 saturated heterocycles. The monoisotopic (exact) mass is 345 g/mol. The molecule has 2 bridgehead atoms. The minimum atomic E-state index is -0.0304. The molecule has 7 heteroatoms. The molecule has 4 heterocycles. The largest absolute Gasteiger partial charge is 0.457 e. The average Bonchev–Trinajstić information content (AvgIpc) is 3.14. The third-order valence-electron chi connectivity index (χ3n) is 3.08. The number of nitrogens with two attached hydrogens (primary N) is 1. The van der Waals surface area contributed by atoms with Crippen molar-refractivity contribution in [3.05, 3.63) is 46.0 Å². The van der Waals surface area contributed by atoms with Crippen molar-refractivity contribution >= 4 is 33.7 Å². The first-order valence-corrected chi connectivity index (χ1v) is 8.68. The molecule has 2 aromatic heterocycles. The number of hydrogen-bond acceptors (Lipinski definition) is 6. The van der Waals surface area contributed by atoms with Crippen LogP contribution in [0.15, 0.2) is 41.1 Å². The van der Waals surface area contributed by atoms with Gasteiger partial charge in [-0.3, -0.25) is 4.79 Å². The van der Waals surface area contributed by atoms with Crippen molar-refractivity contribution in [3.8, 4) is 22.8 Å². The summed E-state index contributed by atoms with van der Waals surface area (Å²) in [5, 5.41) is 7.26. The first-order chi connectivity index (χ1) is 11.1. The molecule has 118 valence electrons. The third kappa shape index (κ3) is 3.88. The minimum Gasteiger partial charge on any atom is -0.457 e. The Kier molecular flexibility index (Phi) is 4.59. The fourth-order valence-corrected chi connectivity index (χ4v) is 3.39. The Bertz CT molecular complexity index is 801. The van der Waals surface area contributed by atoms with Gasteiger partial charge in [-0.1, -0.05) is 6.07 Å². The van der Waals surface area contributed by atoms with Crippen molar-refractivity contribution in [1.82, 2.24) is 10.3 Å². The predicted octanol–water partition coefficient (Wildman–Crippen LogP) is 3.88. The Hall–Kier alpha value is -2.38. The Morgan fingerprint density at radius 1 is 1.30 bits per heavy atom. The number of thiazole rings is 1. The summed E-state index contributed by atoms with van der Waals surface area (Å²) in [4.78, 5) is 16.2. The van der Waals surface area contributed by atoms with Gasteiger partial charge in [0.05, 0.1) is 12.2 Å².